The predicted octanol–water partition coefficient (Wildman–Crippen LogP) is 4.87. The third-order valence-corrected chi connectivity index (χ3v) is 4.49. The Kier molecular flexibility index (Phi) is 3.74. The van der Waals surface area contributed by atoms with E-state index in [9.17, 15) is 0 Å². The number of para-hydroxylation sites is 1. The lowest BCUT2D eigenvalue weighted by Crippen LogP contribution is -2.34. The van der Waals surface area contributed by atoms with Crippen molar-refractivity contribution in [1.82, 2.24) is 4.98 Å². The predicted molar refractivity (Wildman–Crippen MR) is 91.5 cm³/mol. The van der Waals surface area contributed by atoms with Crippen LogP contribution in [0, 0.1) is 0 Å². The molecule has 21 heavy (non-hydrogen) atoms. The van der Waals surface area contributed by atoms with E-state index in [-0.39, 0.29) is 0 Å². The van der Waals surface area contributed by atoms with Crippen molar-refractivity contribution in [2.75, 3.05) is 0 Å². The number of nitrogens with zero attached hydrogens (tertiary/aromatic N) is 1. The van der Waals surface area contributed by atoms with Crippen LogP contribution in [0.25, 0.3) is 10.9 Å². The molecular formula is C17H14BrClN2. The molecule has 0 aliphatic rings. The highest BCUT2D eigenvalue weighted by molar-refractivity contribution is 9.10. The molecule has 1 aromatic heterocycles. The molecule has 0 fully saturated rings. The van der Waals surface area contributed by atoms with Gasteiger partial charge < -0.3 is 5.73 Å². The first-order chi connectivity index (χ1) is 9.98. The summed E-state index contributed by atoms with van der Waals surface area (Å²) in [5.41, 5.74) is 8.63. The van der Waals surface area contributed by atoms with Crippen molar-refractivity contribution < 1.29 is 0 Å². The number of pyridine rings is 1. The Morgan fingerprint density at radius 3 is 2.67 bits per heavy atom. The van der Waals surface area contributed by atoms with Crippen molar-refractivity contribution in [3.63, 3.8) is 0 Å². The first-order valence-corrected chi connectivity index (χ1v) is 7.75. The zero-order valence-electron chi connectivity index (χ0n) is 11.5. The fourth-order valence-electron chi connectivity index (χ4n) is 2.42. The van der Waals surface area contributed by atoms with Gasteiger partial charge in [-0.25, -0.2) is 0 Å². The third kappa shape index (κ3) is 2.69. The lowest BCUT2D eigenvalue weighted by atomic mass is 9.86. The minimum absolute atomic E-state index is 0.641. The SMILES string of the molecule is CC(N)(c1cnc2ccccc2c1)c1ccc(Br)cc1Cl. The van der Waals surface area contributed by atoms with Crippen LogP contribution in [0.4, 0.5) is 0 Å². The summed E-state index contributed by atoms with van der Waals surface area (Å²) in [6.07, 6.45) is 1.82. The van der Waals surface area contributed by atoms with Gasteiger partial charge in [-0.05, 0) is 42.3 Å². The van der Waals surface area contributed by atoms with Gasteiger partial charge in [-0.15, -0.1) is 0 Å². The molecule has 1 unspecified atom stereocenters. The summed E-state index contributed by atoms with van der Waals surface area (Å²) in [5.74, 6) is 0. The maximum atomic E-state index is 6.56. The summed E-state index contributed by atoms with van der Waals surface area (Å²) < 4.78 is 0.934. The van der Waals surface area contributed by atoms with E-state index < -0.39 is 5.54 Å². The second-order valence-corrected chi connectivity index (χ2v) is 6.57. The van der Waals surface area contributed by atoms with Crippen LogP contribution < -0.4 is 5.73 Å². The van der Waals surface area contributed by atoms with E-state index in [1.54, 1.807) is 0 Å². The molecule has 2 N–H and O–H groups in total. The Morgan fingerprint density at radius 2 is 1.90 bits per heavy atom. The van der Waals surface area contributed by atoms with Gasteiger partial charge in [0.25, 0.3) is 0 Å². The van der Waals surface area contributed by atoms with Crippen LogP contribution in [0.5, 0.6) is 0 Å². The minimum atomic E-state index is -0.700. The van der Waals surface area contributed by atoms with Gasteiger partial charge in [-0.2, -0.15) is 0 Å². The van der Waals surface area contributed by atoms with Gasteiger partial charge in [-0.1, -0.05) is 51.8 Å². The Bertz CT molecular complexity index is 815. The summed E-state index contributed by atoms with van der Waals surface area (Å²) in [5, 5.41) is 1.71. The average molecular weight is 362 g/mol. The molecule has 0 saturated carbocycles. The fourth-order valence-corrected chi connectivity index (χ4v) is 3.29. The normalized spacial score (nSPS) is 14.1. The standard InChI is InChI=1S/C17H14BrClN2/c1-17(20,14-7-6-13(18)9-15(14)19)12-8-11-4-2-3-5-16(11)21-10-12/h2-10H,20H2,1H3. The van der Waals surface area contributed by atoms with Crippen LogP contribution >= 0.6 is 27.5 Å². The Labute approximate surface area is 137 Å². The number of halogens is 2. The molecule has 0 amide bonds. The van der Waals surface area contributed by atoms with E-state index in [1.165, 1.54) is 0 Å². The van der Waals surface area contributed by atoms with Crippen molar-refractivity contribution in [2.24, 2.45) is 5.73 Å². The zero-order chi connectivity index (χ0) is 15.0. The van der Waals surface area contributed by atoms with E-state index in [2.05, 4.69) is 27.0 Å². The van der Waals surface area contributed by atoms with Gasteiger partial charge in [0.15, 0.2) is 0 Å². The van der Waals surface area contributed by atoms with E-state index in [0.29, 0.717) is 5.02 Å². The third-order valence-electron chi connectivity index (χ3n) is 3.68. The van der Waals surface area contributed by atoms with Gasteiger partial charge >= 0.3 is 0 Å². The van der Waals surface area contributed by atoms with Gasteiger partial charge in [0, 0.05) is 21.1 Å². The lowest BCUT2D eigenvalue weighted by molar-refractivity contribution is 0.601. The molecule has 0 spiro atoms. The first kappa shape index (κ1) is 14.5. The summed E-state index contributed by atoms with van der Waals surface area (Å²) in [4.78, 5) is 4.49. The number of fused-ring (bicyclic) bond motifs is 1. The first-order valence-electron chi connectivity index (χ1n) is 6.58. The van der Waals surface area contributed by atoms with E-state index in [0.717, 1.165) is 26.5 Å². The molecule has 1 atom stereocenters. The van der Waals surface area contributed by atoms with Crippen LogP contribution in [0.3, 0.4) is 0 Å². The second kappa shape index (κ2) is 5.41. The van der Waals surface area contributed by atoms with Gasteiger partial charge in [-0.3, -0.25) is 4.98 Å². The van der Waals surface area contributed by atoms with Crippen molar-refractivity contribution in [3.05, 3.63) is 75.4 Å². The average Bonchev–Trinajstić information content (AvgIpc) is 2.46. The minimum Gasteiger partial charge on any atom is -0.318 e. The Hall–Kier alpha value is -1.42. The Balaban J connectivity index is 2.14. The second-order valence-electron chi connectivity index (χ2n) is 5.24. The monoisotopic (exact) mass is 360 g/mol. The number of hydrogen-bond acceptors (Lipinski definition) is 2. The molecule has 1 heterocycles. The van der Waals surface area contributed by atoms with Crippen LogP contribution in [-0.2, 0) is 5.54 Å². The van der Waals surface area contributed by atoms with Gasteiger partial charge in [0.2, 0.25) is 0 Å². The molecule has 2 nitrogen and oxygen atoms in total. The highest BCUT2D eigenvalue weighted by Crippen LogP contribution is 2.34. The number of aromatic nitrogens is 1. The molecule has 3 aromatic rings. The summed E-state index contributed by atoms with van der Waals surface area (Å²) >= 11 is 9.77. The highest BCUT2D eigenvalue weighted by atomic mass is 79.9. The number of benzene rings is 2. The van der Waals surface area contributed by atoms with Crippen molar-refractivity contribution in [1.29, 1.82) is 0 Å². The van der Waals surface area contributed by atoms with E-state index >= 15 is 0 Å². The fraction of sp³-hybridized carbons (Fsp3) is 0.118. The van der Waals surface area contributed by atoms with Crippen LogP contribution in [0.15, 0.2) is 59.2 Å². The largest absolute Gasteiger partial charge is 0.318 e. The smallest absolute Gasteiger partial charge is 0.0702 e. The number of rotatable bonds is 2. The molecule has 0 bridgehead atoms. The number of hydrogen-bond donors (Lipinski definition) is 1. The van der Waals surface area contributed by atoms with Crippen molar-refractivity contribution in [2.45, 2.75) is 12.5 Å². The quantitative estimate of drug-likeness (QED) is 0.707. The van der Waals surface area contributed by atoms with E-state index in [1.807, 2.05) is 55.6 Å². The highest BCUT2D eigenvalue weighted by Gasteiger charge is 2.27. The zero-order valence-corrected chi connectivity index (χ0v) is 13.8. The molecule has 4 heteroatoms. The molecule has 0 saturated heterocycles. The summed E-state index contributed by atoms with van der Waals surface area (Å²) in [6.45, 7) is 1.95. The molecule has 0 aliphatic heterocycles. The molecule has 106 valence electrons. The summed E-state index contributed by atoms with van der Waals surface area (Å²) in [6, 6.07) is 15.8. The maximum absolute atomic E-state index is 6.56. The van der Waals surface area contributed by atoms with E-state index in [4.69, 9.17) is 17.3 Å². The molecule has 0 radical (unpaired) electrons. The molecular weight excluding hydrogens is 348 g/mol. The van der Waals surface area contributed by atoms with Crippen molar-refractivity contribution in [3.8, 4) is 0 Å². The Morgan fingerprint density at radius 1 is 1.14 bits per heavy atom. The number of nitrogens with two attached hydrogens (primary N) is 1. The maximum Gasteiger partial charge on any atom is 0.0702 e. The van der Waals surface area contributed by atoms with Crippen LogP contribution in [0.1, 0.15) is 18.1 Å². The van der Waals surface area contributed by atoms with Crippen molar-refractivity contribution >= 4 is 38.4 Å². The van der Waals surface area contributed by atoms with Gasteiger partial charge in [0.05, 0.1) is 11.1 Å². The molecule has 2 aromatic carbocycles. The molecule has 3 rings (SSSR count). The summed E-state index contributed by atoms with van der Waals surface area (Å²) in [7, 11) is 0. The van der Waals surface area contributed by atoms with Gasteiger partial charge in [0.1, 0.15) is 0 Å². The topological polar surface area (TPSA) is 38.9 Å². The lowest BCUT2D eigenvalue weighted by Gasteiger charge is -2.27. The molecule has 0 aliphatic carbocycles. The van der Waals surface area contributed by atoms with Crippen LogP contribution in [0.2, 0.25) is 5.02 Å². The van der Waals surface area contributed by atoms with Crippen LogP contribution in [-0.4, -0.2) is 4.98 Å².